The number of anilines is 1. The Kier molecular flexibility index (Phi) is 3.97. The molecule has 7 heteroatoms. The molecule has 1 amide bonds. The van der Waals surface area contributed by atoms with Gasteiger partial charge in [-0.3, -0.25) is 9.59 Å². The summed E-state index contributed by atoms with van der Waals surface area (Å²) in [7, 11) is 0. The third-order valence-corrected chi connectivity index (χ3v) is 4.58. The molecule has 1 atom stereocenters. The lowest BCUT2D eigenvalue weighted by molar-refractivity contribution is -0.138. The maximum atomic E-state index is 12.9. The maximum absolute atomic E-state index is 12.9. The number of rotatable bonds is 3. The molecule has 2 heterocycles. The van der Waals surface area contributed by atoms with Gasteiger partial charge in [-0.15, -0.1) is 0 Å². The number of hydrogen-bond acceptors (Lipinski definition) is 4. The normalized spacial score (nSPS) is 15.7. The van der Waals surface area contributed by atoms with Crippen LogP contribution in [-0.2, 0) is 4.79 Å². The van der Waals surface area contributed by atoms with Gasteiger partial charge in [0.25, 0.3) is 5.91 Å². The number of carboxylic acids is 1. The molecule has 4 rings (SSSR count). The summed E-state index contributed by atoms with van der Waals surface area (Å²) in [5.74, 6) is -1.71. The van der Waals surface area contributed by atoms with Gasteiger partial charge in [-0.05, 0) is 23.8 Å². The number of carbonyl (C=O) groups is 2. The van der Waals surface area contributed by atoms with Gasteiger partial charge in [-0.1, -0.05) is 47.1 Å². The van der Waals surface area contributed by atoms with E-state index in [1.165, 1.54) is 11.0 Å². The van der Waals surface area contributed by atoms with Crippen LogP contribution in [0.2, 0.25) is 5.02 Å². The number of hydrogen-bond donors (Lipinski definition) is 1. The van der Waals surface area contributed by atoms with E-state index in [1.807, 2.05) is 0 Å². The molecule has 0 radical (unpaired) electrons. The molecule has 1 N–H and O–H groups in total. The molecule has 1 unspecified atom stereocenters. The fourth-order valence-electron chi connectivity index (χ4n) is 3.10. The molecule has 3 aromatic rings. The predicted molar refractivity (Wildman–Crippen MR) is 95.4 cm³/mol. The highest BCUT2D eigenvalue weighted by Crippen LogP contribution is 2.37. The van der Waals surface area contributed by atoms with Crippen molar-refractivity contribution in [3.05, 3.63) is 70.9 Å². The Morgan fingerprint density at radius 1 is 1.15 bits per heavy atom. The largest absolute Gasteiger partial charge is 0.481 e. The molecular weight excluding hydrogens is 356 g/mol. The molecule has 0 fully saturated rings. The molecule has 0 aliphatic carbocycles. The van der Waals surface area contributed by atoms with Crippen molar-refractivity contribution in [3.8, 4) is 11.3 Å². The Hall–Kier alpha value is -3.12. The molecule has 130 valence electrons. The lowest BCUT2D eigenvalue weighted by Gasteiger charge is -2.15. The number of amides is 1. The van der Waals surface area contributed by atoms with Crippen molar-refractivity contribution in [3.63, 3.8) is 0 Å². The average Bonchev–Trinajstić information content (AvgIpc) is 3.26. The Bertz CT molecular complexity index is 1010. The molecule has 1 aromatic heterocycles. The number of carbonyl (C=O) groups excluding carboxylic acids is 1. The van der Waals surface area contributed by atoms with Crippen LogP contribution >= 0.6 is 11.6 Å². The molecule has 1 aliphatic rings. The van der Waals surface area contributed by atoms with Gasteiger partial charge in [0.1, 0.15) is 5.92 Å². The van der Waals surface area contributed by atoms with Crippen LogP contribution in [-0.4, -0.2) is 28.7 Å². The molecule has 0 bridgehead atoms. The zero-order valence-electron chi connectivity index (χ0n) is 13.4. The fraction of sp³-hybridized carbons (Fsp3) is 0.105. The van der Waals surface area contributed by atoms with Gasteiger partial charge in [0.15, 0.2) is 11.5 Å². The highest BCUT2D eigenvalue weighted by atomic mass is 35.5. The fourth-order valence-corrected chi connectivity index (χ4v) is 3.29. The van der Waals surface area contributed by atoms with Crippen molar-refractivity contribution in [1.29, 1.82) is 0 Å². The van der Waals surface area contributed by atoms with Gasteiger partial charge in [0, 0.05) is 28.9 Å². The molecule has 0 saturated carbocycles. The van der Waals surface area contributed by atoms with E-state index >= 15 is 0 Å². The number of fused-ring (bicyclic) bond motifs is 1. The van der Waals surface area contributed by atoms with Gasteiger partial charge in [0.2, 0.25) is 0 Å². The van der Waals surface area contributed by atoms with Gasteiger partial charge < -0.3 is 14.5 Å². The maximum Gasteiger partial charge on any atom is 0.312 e. The summed E-state index contributed by atoms with van der Waals surface area (Å²) in [4.78, 5) is 25.8. The van der Waals surface area contributed by atoms with Crippen LogP contribution in [0.15, 0.2) is 59.1 Å². The molecule has 0 saturated heterocycles. The summed E-state index contributed by atoms with van der Waals surface area (Å²) >= 11 is 5.98. The van der Waals surface area contributed by atoms with Crippen molar-refractivity contribution in [2.75, 3.05) is 11.4 Å². The van der Waals surface area contributed by atoms with E-state index < -0.39 is 17.8 Å². The standard InChI is InChI=1S/C19H13ClN2O4/c20-12-5-3-4-11(8-12)17-9-15(21-26-17)18(23)22-10-14(19(24)25)13-6-1-2-7-16(13)22/h1-9,14H,10H2,(H,24,25). The van der Waals surface area contributed by atoms with Gasteiger partial charge in [-0.25, -0.2) is 0 Å². The van der Waals surface area contributed by atoms with E-state index in [4.69, 9.17) is 16.1 Å². The van der Waals surface area contributed by atoms with E-state index in [0.29, 0.717) is 27.6 Å². The molecule has 1 aliphatic heterocycles. The van der Waals surface area contributed by atoms with Crippen molar-refractivity contribution in [2.45, 2.75) is 5.92 Å². The minimum Gasteiger partial charge on any atom is -0.481 e. The van der Waals surface area contributed by atoms with Crippen LogP contribution in [0.25, 0.3) is 11.3 Å². The Balaban J connectivity index is 1.66. The summed E-state index contributed by atoms with van der Waals surface area (Å²) in [5, 5.41) is 13.8. The summed E-state index contributed by atoms with van der Waals surface area (Å²) in [6.45, 7) is 0.0624. The Morgan fingerprint density at radius 3 is 2.73 bits per heavy atom. The zero-order chi connectivity index (χ0) is 18.3. The molecule has 0 spiro atoms. The van der Waals surface area contributed by atoms with Crippen molar-refractivity contribution < 1.29 is 19.2 Å². The second-order valence-corrected chi connectivity index (χ2v) is 6.39. The molecule has 6 nitrogen and oxygen atoms in total. The summed E-state index contributed by atoms with van der Waals surface area (Å²) in [5.41, 5.74) is 2.01. The topological polar surface area (TPSA) is 83.6 Å². The van der Waals surface area contributed by atoms with Crippen LogP contribution in [0, 0.1) is 0 Å². The number of carboxylic acid groups (broad SMARTS) is 1. The monoisotopic (exact) mass is 368 g/mol. The van der Waals surface area contributed by atoms with Crippen LogP contribution < -0.4 is 4.90 Å². The number of aromatic nitrogens is 1. The number of para-hydroxylation sites is 1. The second-order valence-electron chi connectivity index (χ2n) is 5.95. The average molecular weight is 369 g/mol. The summed E-state index contributed by atoms with van der Waals surface area (Å²) < 4.78 is 5.28. The molecule has 2 aromatic carbocycles. The lowest BCUT2D eigenvalue weighted by atomic mass is 10.0. The van der Waals surface area contributed by atoms with Crippen LogP contribution in [0.4, 0.5) is 5.69 Å². The minimum absolute atomic E-state index is 0.0624. The predicted octanol–water partition coefficient (Wildman–Crippen LogP) is 3.82. The minimum atomic E-state index is -0.965. The van der Waals surface area contributed by atoms with Crippen LogP contribution in [0.5, 0.6) is 0 Å². The zero-order valence-corrected chi connectivity index (χ0v) is 14.2. The van der Waals surface area contributed by atoms with E-state index in [0.717, 1.165) is 0 Å². The van der Waals surface area contributed by atoms with E-state index in [-0.39, 0.29) is 12.2 Å². The third-order valence-electron chi connectivity index (χ3n) is 4.35. The van der Waals surface area contributed by atoms with Gasteiger partial charge in [0.05, 0.1) is 0 Å². The first kappa shape index (κ1) is 16.4. The molecular formula is C19H13ClN2O4. The quantitative estimate of drug-likeness (QED) is 0.759. The van der Waals surface area contributed by atoms with Crippen LogP contribution in [0.1, 0.15) is 22.0 Å². The van der Waals surface area contributed by atoms with E-state index in [2.05, 4.69) is 5.16 Å². The first-order chi connectivity index (χ1) is 12.5. The highest BCUT2D eigenvalue weighted by molar-refractivity contribution is 6.30. The lowest BCUT2D eigenvalue weighted by Crippen LogP contribution is -2.31. The van der Waals surface area contributed by atoms with Crippen molar-refractivity contribution in [1.82, 2.24) is 5.16 Å². The van der Waals surface area contributed by atoms with Gasteiger partial charge >= 0.3 is 5.97 Å². The number of benzene rings is 2. The number of nitrogens with zero attached hydrogens (tertiary/aromatic N) is 2. The first-order valence-corrected chi connectivity index (χ1v) is 8.28. The number of halogens is 1. The second kappa shape index (κ2) is 6.31. The summed E-state index contributed by atoms with van der Waals surface area (Å²) in [6.07, 6.45) is 0. The van der Waals surface area contributed by atoms with E-state index in [1.54, 1.807) is 48.5 Å². The van der Waals surface area contributed by atoms with Gasteiger partial charge in [-0.2, -0.15) is 0 Å². The highest BCUT2D eigenvalue weighted by Gasteiger charge is 2.37. The van der Waals surface area contributed by atoms with Crippen molar-refractivity contribution >= 4 is 29.2 Å². The third kappa shape index (κ3) is 2.74. The summed E-state index contributed by atoms with van der Waals surface area (Å²) in [6, 6.07) is 15.5. The Labute approximate surface area is 153 Å². The molecule has 26 heavy (non-hydrogen) atoms. The SMILES string of the molecule is O=C(O)C1CN(C(=O)c2cc(-c3cccc(Cl)c3)on2)c2ccccc21. The first-order valence-electron chi connectivity index (χ1n) is 7.91. The Morgan fingerprint density at radius 2 is 1.96 bits per heavy atom. The van der Waals surface area contributed by atoms with Crippen LogP contribution in [0.3, 0.4) is 0 Å². The van der Waals surface area contributed by atoms with Crippen molar-refractivity contribution in [2.24, 2.45) is 0 Å². The van der Waals surface area contributed by atoms with E-state index in [9.17, 15) is 14.7 Å². The smallest absolute Gasteiger partial charge is 0.312 e. The number of aliphatic carboxylic acids is 1.